The molecule has 1 amide bonds. The molecule has 2 N–H and O–H groups in total. The smallest absolute Gasteiger partial charge is 0.251 e. The van der Waals surface area contributed by atoms with E-state index >= 15 is 0 Å². The van der Waals surface area contributed by atoms with E-state index < -0.39 is 0 Å². The SMILES string of the molecule is O=C(NCc1ncn[nH]1)c1ccnc(Cl)c1. The van der Waals surface area contributed by atoms with Crippen LogP contribution in [-0.2, 0) is 6.54 Å². The number of hydrogen-bond acceptors (Lipinski definition) is 4. The van der Waals surface area contributed by atoms with Crippen LogP contribution in [-0.4, -0.2) is 26.1 Å². The van der Waals surface area contributed by atoms with Crippen LogP contribution in [0, 0.1) is 0 Å². The molecule has 0 spiro atoms. The summed E-state index contributed by atoms with van der Waals surface area (Å²) in [4.78, 5) is 19.3. The van der Waals surface area contributed by atoms with E-state index in [-0.39, 0.29) is 11.1 Å². The van der Waals surface area contributed by atoms with Gasteiger partial charge in [0.2, 0.25) is 0 Å². The molecule has 0 aliphatic heterocycles. The van der Waals surface area contributed by atoms with Crippen molar-refractivity contribution < 1.29 is 4.79 Å². The molecule has 2 aromatic rings. The summed E-state index contributed by atoms with van der Waals surface area (Å²) in [5.41, 5.74) is 0.458. The Kier molecular flexibility index (Phi) is 3.11. The minimum Gasteiger partial charge on any atom is -0.345 e. The Morgan fingerprint density at radius 3 is 3.06 bits per heavy atom. The summed E-state index contributed by atoms with van der Waals surface area (Å²) in [6.45, 7) is 0.290. The van der Waals surface area contributed by atoms with Crippen LogP contribution < -0.4 is 5.32 Å². The third-order valence-electron chi connectivity index (χ3n) is 1.87. The van der Waals surface area contributed by atoms with Crippen molar-refractivity contribution >= 4 is 17.5 Å². The molecule has 2 rings (SSSR count). The number of carbonyl (C=O) groups excluding carboxylic acids is 1. The molecule has 6 nitrogen and oxygen atoms in total. The molecular weight excluding hydrogens is 230 g/mol. The van der Waals surface area contributed by atoms with Crippen molar-refractivity contribution in [1.82, 2.24) is 25.5 Å². The Morgan fingerprint density at radius 2 is 2.38 bits per heavy atom. The maximum absolute atomic E-state index is 11.6. The van der Waals surface area contributed by atoms with Gasteiger partial charge in [-0.15, -0.1) is 0 Å². The Bertz CT molecular complexity index is 484. The van der Waals surface area contributed by atoms with Gasteiger partial charge in [-0.25, -0.2) is 9.97 Å². The fourth-order valence-corrected chi connectivity index (χ4v) is 1.30. The first kappa shape index (κ1) is 10.6. The third-order valence-corrected chi connectivity index (χ3v) is 2.08. The number of H-pyrrole nitrogens is 1. The summed E-state index contributed by atoms with van der Waals surface area (Å²) in [7, 11) is 0. The van der Waals surface area contributed by atoms with Gasteiger partial charge in [-0.1, -0.05) is 11.6 Å². The van der Waals surface area contributed by atoms with Crippen LogP contribution in [0.4, 0.5) is 0 Å². The lowest BCUT2D eigenvalue weighted by Crippen LogP contribution is -2.23. The summed E-state index contributed by atoms with van der Waals surface area (Å²) in [5.74, 6) is 0.356. The number of carbonyl (C=O) groups is 1. The van der Waals surface area contributed by atoms with Crippen molar-refractivity contribution in [2.75, 3.05) is 0 Å². The van der Waals surface area contributed by atoms with Crippen molar-refractivity contribution in [3.05, 3.63) is 41.2 Å². The lowest BCUT2D eigenvalue weighted by Gasteiger charge is -2.02. The Hall–Kier alpha value is -1.95. The highest BCUT2D eigenvalue weighted by Crippen LogP contribution is 2.06. The Balaban J connectivity index is 1.98. The van der Waals surface area contributed by atoms with Crippen LogP contribution in [0.15, 0.2) is 24.7 Å². The molecule has 0 aliphatic rings. The second-order valence-electron chi connectivity index (χ2n) is 2.98. The van der Waals surface area contributed by atoms with Crippen LogP contribution >= 0.6 is 11.6 Å². The minimum atomic E-state index is -0.235. The van der Waals surface area contributed by atoms with Gasteiger partial charge in [0.15, 0.2) is 0 Å². The van der Waals surface area contributed by atoms with Gasteiger partial charge in [0.05, 0.1) is 6.54 Å². The average molecular weight is 238 g/mol. The number of nitrogens with one attached hydrogen (secondary N) is 2. The number of aromatic amines is 1. The lowest BCUT2D eigenvalue weighted by molar-refractivity contribution is 0.0950. The third kappa shape index (κ3) is 2.54. The normalized spacial score (nSPS) is 10.1. The van der Waals surface area contributed by atoms with E-state index in [1.54, 1.807) is 6.07 Å². The van der Waals surface area contributed by atoms with Gasteiger partial charge in [-0.2, -0.15) is 5.10 Å². The zero-order valence-electron chi connectivity index (χ0n) is 8.14. The quantitative estimate of drug-likeness (QED) is 0.773. The molecule has 0 bridgehead atoms. The van der Waals surface area contributed by atoms with Crippen molar-refractivity contribution in [3.8, 4) is 0 Å². The molecule has 0 aliphatic carbocycles. The Morgan fingerprint density at radius 1 is 1.50 bits per heavy atom. The molecule has 0 fully saturated rings. The van der Waals surface area contributed by atoms with Crippen LogP contribution in [0.3, 0.4) is 0 Å². The summed E-state index contributed by atoms with van der Waals surface area (Å²) in [6, 6.07) is 3.08. The molecule has 82 valence electrons. The molecule has 2 aromatic heterocycles. The van der Waals surface area contributed by atoms with Crippen molar-refractivity contribution in [1.29, 1.82) is 0 Å². The largest absolute Gasteiger partial charge is 0.345 e. The van der Waals surface area contributed by atoms with Crippen LogP contribution in [0.25, 0.3) is 0 Å². The number of amides is 1. The molecule has 16 heavy (non-hydrogen) atoms. The molecule has 0 radical (unpaired) electrons. The van der Waals surface area contributed by atoms with E-state index in [9.17, 15) is 4.79 Å². The van der Waals surface area contributed by atoms with Gasteiger partial charge in [0.1, 0.15) is 17.3 Å². The van der Waals surface area contributed by atoms with Gasteiger partial charge in [0, 0.05) is 11.8 Å². The van der Waals surface area contributed by atoms with Crippen LogP contribution in [0.1, 0.15) is 16.2 Å². The predicted octanol–water partition coefficient (Wildman–Crippen LogP) is 0.783. The monoisotopic (exact) mass is 237 g/mol. The standard InChI is InChI=1S/C9H8ClN5O/c10-7-3-6(1-2-11-7)9(16)12-4-8-13-5-14-15-8/h1-3,5H,4H2,(H,12,16)(H,13,14,15). The molecule has 0 aromatic carbocycles. The maximum Gasteiger partial charge on any atom is 0.251 e. The predicted molar refractivity (Wildman–Crippen MR) is 56.8 cm³/mol. The van der Waals surface area contributed by atoms with Crippen LogP contribution in [0.5, 0.6) is 0 Å². The molecule has 0 unspecified atom stereocenters. The number of rotatable bonds is 3. The molecule has 0 saturated heterocycles. The van der Waals surface area contributed by atoms with Gasteiger partial charge in [-0.05, 0) is 12.1 Å². The summed E-state index contributed by atoms with van der Waals surface area (Å²) in [6.07, 6.45) is 2.86. The minimum absolute atomic E-state index is 0.235. The van der Waals surface area contributed by atoms with E-state index in [1.165, 1.54) is 18.6 Å². The van der Waals surface area contributed by atoms with E-state index in [4.69, 9.17) is 11.6 Å². The van der Waals surface area contributed by atoms with E-state index in [0.717, 1.165) is 0 Å². The second kappa shape index (κ2) is 4.71. The first-order valence-electron chi connectivity index (χ1n) is 4.49. The zero-order chi connectivity index (χ0) is 11.4. The van der Waals surface area contributed by atoms with Gasteiger partial charge in [-0.3, -0.25) is 9.89 Å². The summed E-state index contributed by atoms with van der Waals surface area (Å²) < 4.78 is 0. The van der Waals surface area contributed by atoms with Gasteiger partial charge in [0.25, 0.3) is 5.91 Å². The Labute approximate surface area is 96.1 Å². The molecule has 0 atom stereocenters. The maximum atomic E-state index is 11.6. The van der Waals surface area contributed by atoms with E-state index in [0.29, 0.717) is 17.9 Å². The number of aromatic nitrogens is 4. The van der Waals surface area contributed by atoms with E-state index in [1.807, 2.05) is 0 Å². The molecule has 2 heterocycles. The van der Waals surface area contributed by atoms with Crippen LogP contribution in [0.2, 0.25) is 5.15 Å². The summed E-state index contributed by atoms with van der Waals surface area (Å²) in [5, 5.41) is 9.26. The highest BCUT2D eigenvalue weighted by molar-refractivity contribution is 6.29. The molecular formula is C9H8ClN5O. The van der Waals surface area contributed by atoms with Crippen molar-refractivity contribution in [3.63, 3.8) is 0 Å². The van der Waals surface area contributed by atoms with Gasteiger partial charge < -0.3 is 5.32 Å². The molecule has 7 heteroatoms. The topological polar surface area (TPSA) is 83.6 Å². The highest BCUT2D eigenvalue weighted by Gasteiger charge is 2.06. The second-order valence-corrected chi connectivity index (χ2v) is 3.37. The van der Waals surface area contributed by atoms with Crippen molar-refractivity contribution in [2.24, 2.45) is 0 Å². The molecule has 0 saturated carbocycles. The fourth-order valence-electron chi connectivity index (χ4n) is 1.13. The number of pyridine rings is 1. The van der Waals surface area contributed by atoms with E-state index in [2.05, 4.69) is 25.5 Å². The lowest BCUT2D eigenvalue weighted by atomic mass is 10.2. The first-order chi connectivity index (χ1) is 7.75. The highest BCUT2D eigenvalue weighted by atomic mass is 35.5. The first-order valence-corrected chi connectivity index (χ1v) is 4.87. The number of halogens is 1. The number of nitrogens with zero attached hydrogens (tertiary/aromatic N) is 3. The van der Waals surface area contributed by atoms with Crippen molar-refractivity contribution in [2.45, 2.75) is 6.54 Å². The zero-order valence-corrected chi connectivity index (χ0v) is 8.90. The fraction of sp³-hybridized carbons (Fsp3) is 0.111. The number of hydrogen-bond donors (Lipinski definition) is 2. The summed E-state index contributed by atoms with van der Waals surface area (Å²) >= 11 is 5.67. The average Bonchev–Trinajstić information content (AvgIpc) is 2.78. The van der Waals surface area contributed by atoms with Gasteiger partial charge >= 0.3 is 0 Å².